The maximum absolute atomic E-state index is 12.0. The molecule has 0 radical (unpaired) electrons. The zero-order valence-electron chi connectivity index (χ0n) is 12.6. The number of carbonyl (C=O) groups excluding carboxylic acids is 2. The lowest BCUT2D eigenvalue weighted by Gasteiger charge is -2.09. The van der Waals surface area contributed by atoms with Gasteiger partial charge in [-0.2, -0.15) is 0 Å². The van der Waals surface area contributed by atoms with Crippen LogP contribution in [0.2, 0.25) is 0 Å². The Kier molecular flexibility index (Phi) is 3.66. The van der Waals surface area contributed by atoms with Gasteiger partial charge in [0.15, 0.2) is 0 Å². The van der Waals surface area contributed by atoms with Gasteiger partial charge in [-0.1, -0.05) is 6.07 Å². The number of esters is 2. The van der Waals surface area contributed by atoms with Crippen LogP contribution in [0.1, 0.15) is 34.6 Å². The van der Waals surface area contributed by atoms with Crippen molar-refractivity contribution in [3.63, 3.8) is 0 Å². The predicted octanol–water partition coefficient (Wildman–Crippen LogP) is 1.58. The van der Waals surface area contributed by atoms with Crippen LogP contribution in [0, 0.1) is 0 Å². The Hall–Kier alpha value is -1.92. The highest BCUT2D eigenvalue weighted by Crippen LogP contribution is 2.27. The molecule has 22 heavy (non-hydrogen) atoms. The monoisotopic (exact) mass is 306 g/mol. The average molecular weight is 306 g/mol. The summed E-state index contributed by atoms with van der Waals surface area (Å²) < 4.78 is 20.7. The van der Waals surface area contributed by atoms with Crippen LogP contribution in [0.5, 0.6) is 0 Å². The molecule has 0 bridgehead atoms. The van der Waals surface area contributed by atoms with E-state index < -0.39 is 11.9 Å². The fraction of sp³-hybridized carbons (Fsp3) is 0.500. The summed E-state index contributed by atoms with van der Waals surface area (Å²) in [6.45, 7) is 5.33. The molecule has 2 aliphatic heterocycles. The predicted molar refractivity (Wildman–Crippen MR) is 75.7 cm³/mol. The highest BCUT2D eigenvalue weighted by molar-refractivity contribution is 5.95. The third kappa shape index (κ3) is 3.64. The van der Waals surface area contributed by atoms with Crippen molar-refractivity contribution in [1.29, 1.82) is 0 Å². The Bertz CT molecular complexity index is 551. The highest BCUT2D eigenvalue weighted by atomic mass is 16.6. The summed E-state index contributed by atoms with van der Waals surface area (Å²) in [6.07, 6.45) is 0. The normalized spacial score (nSPS) is 28.8. The van der Waals surface area contributed by atoms with Gasteiger partial charge in [0.05, 0.1) is 24.3 Å². The molecular weight excluding hydrogens is 288 g/mol. The standard InChI is InChI=1S/C16H18O6/c1-15(9-21-15)7-19-13(17)11-4-3-5-12(6-11)14(18)20-8-16(2)10-22-16/h3-6H,7-10H2,1-2H3. The van der Waals surface area contributed by atoms with Crippen molar-refractivity contribution in [1.82, 2.24) is 0 Å². The van der Waals surface area contributed by atoms with Crippen molar-refractivity contribution < 1.29 is 28.5 Å². The first kappa shape index (κ1) is 15.0. The Balaban J connectivity index is 1.58. The molecule has 0 N–H and O–H groups in total. The van der Waals surface area contributed by atoms with E-state index in [1.807, 2.05) is 13.8 Å². The summed E-state index contributed by atoms with van der Waals surface area (Å²) in [7, 11) is 0. The number of carbonyl (C=O) groups is 2. The van der Waals surface area contributed by atoms with E-state index in [9.17, 15) is 9.59 Å². The highest BCUT2D eigenvalue weighted by Gasteiger charge is 2.41. The van der Waals surface area contributed by atoms with E-state index >= 15 is 0 Å². The van der Waals surface area contributed by atoms with Crippen LogP contribution in [-0.4, -0.2) is 49.6 Å². The lowest BCUT2D eigenvalue weighted by Crippen LogP contribution is -2.20. The van der Waals surface area contributed by atoms with Crippen LogP contribution in [0.3, 0.4) is 0 Å². The maximum atomic E-state index is 12.0. The van der Waals surface area contributed by atoms with Gasteiger partial charge in [0.2, 0.25) is 0 Å². The molecule has 2 aliphatic rings. The smallest absolute Gasteiger partial charge is 0.338 e. The van der Waals surface area contributed by atoms with Gasteiger partial charge in [0.25, 0.3) is 0 Å². The minimum absolute atomic E-state index is 0.205. The first-order valence-electron chi connectivity index (χ1n) is 7.12. The van der Waals surface area contributed by atoms with Crippen molar-refractivity contribution in [2.45, 2.75) is 25.0 Å². The third-order valence-corrected chi connectivity index (χ3v) is 3.63. The quantitative estimate of drug-likeness (QED) is 0.586. The third-order valence-electron chi connectivity index (χ3n) is 3.63. The molecule has 6 nitrogen and oxygen atoms in total. The largest absolute Gasteiger partial charge is 0.459 e. The van der Waals surface area contributed by atoms with E-state index in [0.717, 1.165) is 0 Å². The fourth-order valence-electron chi connectivity index (χ4n) is 1.79. The number of epoxide rings is 2. The second-order valence-corrected chi connectivity index (χ2v) is 6.21. The molecule has 0 amide bonds. The molecule has 2 heterocycles. The Labute approximate surface area is 128 Å². The molecule has 2 fully saturated rings. The minimum Gasteiger partial charge on any atom is -0.459 e. The molecule has 2 saturated heterocycles. The molecule has 1 aromatic carbocycles. The first-order valence-corrected chi connectivity index (χ1v) is 7.12. The molecule has 0 saturated carbocycles. The van der Waals surface area contributed by atoms with Gasteiger partial charge < -0.3 is 18.9 Å². The van der Waals surface area contributed by atoms with E-state index in [4.69, 9.17) is 18.9 Å². The van der Waals surface area contributed by atoms with Gasteiger partial charge in [-0.3, -0.25) is 0 Å². The molecule has 6 heteroatoms. The Morgan fingerprint density at radius 1 is 1.00 bits per heavy atom. The van der Waals surface area contributed by atoms with E-state index in [1.165, 1.54) is 6.07 Å². The van der Waals surface area contributed by atoms with Crippen molar-refractivity contribution >= 4 is 11.9 Å². The molecule has 1 aromatic rings. The van der Waals surface area contributed by atoms with Gasteiger partial charge in [0.1, 0.15) is 24.4 Å². The first-order chi connectivity index (χ1) is 10.4. The zero-order chi connectivity index (χ0) is 15.8. The van der Waals surface area contributed by atoms with Crippen LogP contribution < -0.4 is 0 Å². The van der Waals surface area contributed by atoms with Crippen molar-refractivity contribution in [3.05, 3.63) is 35.4 Å². The van der Waals surface area contributed by atoms with Crippen LogP contribution in [0.25, 0.3) is 0 Å². The number of benzene rings is 1. The van der Waals surface area contributed by atoms with Crippen LogP contribution in [0.15, 0.2) is 24.3 Å². The van der Waals surface area contributed by atoms with Gasteiger partial charge >= 0.3 is 11.9 Å². The van der Waals surface area contributed by atoms with E-state index in [2.05, 4.69) is 0 Å². The van der Waals surface area contributed by atoms with Crippen molar-refractivity contribution in [2.24, 2.45) is 0 Å². The summed E-state index contributed by atoms with van der Waals surface area (Å²) in [5, 5.41) is 0. The number of rotatable bonds is 6. The van der Waals surface area contributed by atoms with E-state index in [0.29, 0.717) is 24.3 Å². The molecule has 0 aromatic heterocycles. The average Bonchev–Trinajstić information content (AvgIpc) is 3.43. The fourth-order valence-corrected chi connectivity index (χ4v) is 1.79. The second-order valence-electron chi connectivity index (χ2n) is 6.21. The van der Waals surface area contributed by atoms with Crippen LogP contribution in [0.4, 0.5) is 0 Å². The SMILES string of the molecule is CC1(COC(=O)c2cccc(C(=O)OCC3(C)CO3)c2)CO1. The molecule has 0 spiro atoms. The summed E-state index contributed by atoms with van der Waals surface area (Å²) in [5.74, 6) is -0.965. The Morgan fingerprint density at radius 3 is 1.77 bits per heavy atom. The van der Waals surface area contributed by atoms with Gasteiger partial charge in [-0.25, -0.2) is 9.59 Å². The Morgan fingerprint density at radius 2 is 1.41 bits per heavy atom. The van der Waals surface area contributed by atoms with Crippen LogP contribution >= 0.6 is 0 Å². The molecule has 2 unspecified atom stereocenters. The summed E-state index contributed by atoms with van der Waals surface area (Å²) >= 11 is 0. The molecular formula is C16H18O6. The molecule has 118 valence electrons. The summed E-state index contributed by atoms with van der Waals surface area (Å²) in [5.41, 5.74) is -0.0853. The van der Waals surface area contributed by atoms with Gasteiger partial charge in [-0.15, -0.1) is 0 Å². The second kappa shape index (κ2) is 5.37. The number of ether oxygens (including phenoxy) is 4. The van der Waals surface area contributed by atoms with Crippen molar-refractivity contribution in [2.75, 3.05) is 26.4 Å². The van der Waals surface area contributed by atoms with Gasteiger partial charge in [0, 0.05) is 0 Å². The summed E-state index contributed by atoms with van der Waals surface area (Å²) in [6, 6.07) is 6.29. The summed E-state index contributed by atoms with van der Waals surface area (Å²) in [4.78, 5) is 23.9. The van der Waals surface area contributed by atoms with Gasteiger partial charge in [-0.05, 0) is 32.0 Å². The van der Waals surface area contributed by atoms with Crippen molar-refractivity contribution in [3.8, 4) is 0 Å². The minimum atomic E-state index is -0.483. The molecule has 3 rings (SSSR count). The van der Waals surface area contributed by atoms with E-state index in [1.54, 1.807) is 18.2 Å². The maximum Gasteiger partial charge on any atom is 0.338 e. The van der Waals surface area contributed by atoms with Crippen LogP contribution in [-0.2, 0) is 18.9 Å². The number of hydrogen-bond acceptors (Lipinski definition) is 6. The molecule has 2 atom stereocenters. The number of hydrogen-bond donors (Lipinski definition) is 0. The lowest BCUT2D eigenvalue weighted by molar-refractivity contribution is 0.0406. The van der Waals surface area contributed by atoms with E-state index in [-0.39, 0.29) is 24.4 Å². The topological polar surface area (TPSA) is 77.7 Å². The lowest BCUT2D eigenvalue weighted by atomic mass is 10.1. The molecule has 0 aliphatic carbocycles. The zero-order valence-corrected chi connectivity index (χ0v) is 12.6.